The maximum Gasteiger partial charge on any atom is 0.229 e. The Bertz CT molecular complexity index is 893. The molecule has 3 aromatic rings. The van der Waals surface area contributed by atoms with Crippen LogP contribution in [0.2, 0.25) is 0 Å². The first kappa shape index (κ1) is 16.9. The van der Waals surface area contributed by atoms with Crippen LogP contribution in [0.15, 0.2) is 48.5 Å². The molecule has 25 heavy (non-hydrogen) atoms. The van der Waals surface area contributed by atoms with E-state index < -0.39 is 0 Å². The molecular formula is C20H22N4O. The summed E-state index contributed by atoms with van der Waals surface area (Å²) in [6.07, 6.45) is 0. The smallest absolute Gasteiger partial charge is 0.229 e. The van der Waals surface area contributed by atoms with Gasteiger partial charge in [-0.1, -0.05) is 36.4 Å². The Morgan fingerprint density at radius 1 is 0.800 bits per heavy atom. The fraction of sp³-hybridized carbons (Fsp3) is 0.200. The molecule has 5 nitrogen and oxygen atoms in total. The van der Waals surface area contributed by atoms with Crippen molar-refractivity contribution < 1.29 is 5.11 Å². The van der Waals surface area contributed by atoms with Crippen LogP contribution in [0.3, 0.4) is 0 Å². The van der Waals surface area contributed by atoms with Gasteiger partial charge in [-0.3, -0.25) is 0 Å². The second kappa shape index (κ2) is 7.32. The van der Waals surface area contributed by atoms with Crippen molar-refractivity contribution in [2.24, 2.45) is 0 Å². The molecule has 0 radical (unpaired) electrons. The van der Waals surface area contributed by atoms with E-state index in [1.807, 2.05) is 69.3 Å². The van der Waals surface area contributed by atoms with Gasteiger partial charge in [0, 0.05) is 16.9 Å². The highest BCUT2D eigenvalue weighted by atomic mass is 16.3. The number of hydrogen-bond donors (Lipinski definition) is 3. The number of benzene rings is 2. The number of hydrogen-bond acceptors (Lipinski definition) is 5. The van der Waals surface area contributed by atoms with Gasteiger partial charge in [0.25, 0.3) is 0 Å². The first-order valence-corrected chi connectivity index (χ1v) is 8.22. The maximum atomic E-state index is 9.66. The van der Waals surface area contributed by atoms with Crippen molar-refractivity contribution in [3.63, 3.8) is 0 Å². The predicted molar refractivity (Wildman–Crippen MR) is 102 cm³/mol. The van der Waals surface area contributed by atoms with Gasteiger partial charge in [-0.15, -0.1) is 0 Å². The summed E-state index contributed by atoms with van der Waals surface area (Å²) in [7, 11) is 0. The molecule has 0 spiro atoms. The molecule has 0 fully saturated rings. The molecule has 0 aliphatic heterocycles. The Kier molecular flexibility index (Phi) is 4.95. The number of nitrogens with one attached hydrogen (secondary N) is 2. The number of rotatable bonds is 5. The van der Waals surface area contributed by atoms with Gasteiger partial charge in [0.05, 0.1) is 12.3 Å². The average Bonchev–Trinajstić information content (AvgIpc) is 2.61. The predicted octanol–water partition coefficient (Wildman–Crippen LogP) is 4.38. The number of aromatic nitrogens is 2. The standard InChI is InChI=1S/C20H22N4O/c1-13-8-4-6-10-16(13)21-19-15(3)18(12-25)23-20(24-19)22-17-11-7-5-9-14(17)2/h4-11,25H,12H2,1-3H3,(H2,21,22,23,24). The third kappa shape index (κ3) is 3.78. The molecule has 2 aromatic carbocycles. The van der Waals surface area contributed by atoms with E-state index >= 15 is 0 Å². The van der Waals surface area contributed by atoms with E-state index in [0.29, 0.717) is 17.5 Å². The largest absolute Gasteiger partial charge is 0.390 e. The average molecular weight is 334 g/mol. The van der Waals surface area contributed by atoms with E-state index in [4.69, 9.17) is 0 Å². The van der Waals surface area contributed by atoms with Gasteiger partial charge in [-0.2, -0.15) is 4.98 Å². The number of aryl methyl sites for hydroxylation is 2. The molecule has 0 unspecified atom stereocenters. The second-order valence-corrected chi connectivity index (χ2v) is 6.01. The lowest BCUT2D eigenvalue weighted by Gasteiger charge is -2.15. The van der Waals surface area contributed by atoms with Crippen LogP contribution in [-0.4, -0.2) is 15.1 Å². The normalized spacial score (nSPS) is 10.6. The first-order valence-electron chi connectivity index (χ1n) is 8.22. The lowest BCUT2D eigenvalue weighted by molar-refractivity contribution is 0.276. The molecule has 0 saturated heterocycles. The van der Waals surface area contributed by atoms with E-state index in [-0.39, 0.29) is 6.61 Å². The zero-order chi connectivity index (χ0) is 17.8. The van der Waals surface area contributed by atoms with Crippen molar-refractivity contribution >= 4 is 23.1 Å². The molecule has 5 heteroatoms. The highest BCUT2D eigenvalue weighted by Gasteiger charge is 2.12. The third-order valence-electron chi connectivity index (χ3n) is 4.19. The molecule has 1 aromatic heterocycles. The van der Waals surface area contributed by atoms with Gasteiger partial charge in [0.15, 0.2) is 0 Å². The van der Waals surface area contributed by atoms with Crippen molar-refractivity contribution in [1.82, 2.24) is 9.97 Å². The van der Waals surface area contributed by atoms with Crippen LogP contribution >= 0.6 is 0 Å². The van der Waals surface area contributed by atoms with E-state index in [1.54, 1.807) is 0 Å². The molecular weight excluding hydrogens is 312 g/mol. The summed E-state index contributed by atoms with van der Waals surface area (Å²) in [5, 5.41) is 16.3. The van der Waals surface area contributed by atoms with Gasteiger partial charge >= 0.3 is 0 Å². The summed E-state index contributed by atoms with van der Waals surface area (Å²) in [5.74, 6) is 1.14. The Morgan fingerprint density at radius 2 is 1.36 bits per heavy atom. The second-order valence-electron chi connectivity index (χ2n) is 6.01. The molecule has 0 saturated carbocycles. The molecule has 3 N–H and O–H groups in total. The van der Waals surface area contributed by atoms with Crippen molar-refractivity contribution in [3.8, 4) is 0 Å². The molecule has 128 valence electrons. The van der Waals surface area contributed by atoms with Crippen LogP contribution in [0, 0.1) is 20.8 Å². The lowest BCUT2D eigenvalue weighted by atomic mass is 10.2. The number of aliphatic hydroxyl groups is 1. The number of aliphatic hydroxyl groups excluding tert-OH is 1. The summed E-state index contributed by atoms with van der Waals surface area (Å²) in [4.78, 5) is 9.05. The van der Waals surface area contributed by atoms with Gasteiger partial charge in [-0.05, 0) is 44.0 Å². The molecule has 1 heterocycles. The highest BCUT2D eigenvalue weighted by Crippen LogP contribution is 2.26. The summed E-state index contributed by atoms with van der Waals surface area (Å²) in [6.45, 7) is 5.83. The Morgan fingerprint density at radius 3 is 1.92 bits per heavy atom. The van der Waals surface area contributed by atoms with Crippen LogP contribution in [0.1, 0.15) is 22.4 Å². The summed E-state index contributed by atoms with van der Waals surface area (Å²) >= 11 is 0. The molecule has 0 aliphatic carbocycles. The first-order chi connectivity index (χ1) is 12.1. The third-order valence-corrected chi connectivity index (χ3v) is 4.19. The monoisotopic (exact) mass is 334 g/mol. The van der Waals surface area contributed by atoms with Crippen molar-refractivity contribution in [1.29, 1.82) is 0 Å². The van der Waals surface area contributed by atoms with Gasteiger partial charge in [0.1, 0.15) is 5.82 Å². The Hall–Kier alpha value is -2.92. The molecule has 0 bridgehead atoms. The minimum atomic E-state index is -0.140. The van der Waals surface area contributed by atoms with Crippen LogP contribution in [-0.2, 0) is 6.61 Å². The van der Waals surface area contributed by atoms with Gasteiger partial charge < -0.3 is 15.7 Å². The molecule has 3 rings (SSSR count). The SMILES string of the molecule is Cc1ccccc1Nc1nc(CO)c(C)c(Nc2ccccc2C)n1. The van der Waals surface area contributed by atoms with Crippen molar-refractivity contribution in [2.75, 3.05) is 10.6 Å². The maximum absolute atomic E-state index is 9.66. The van der Waals surface area contributed by atoms with Crippen LogP contribution in [0.25, 0.3) is 0 Å². The number of anilines is 4. The minimum absolute atomic E-state index is 0.140. The lowest BCUT2D eigenvalue weighted by Crippen LogP contribution is -2.08. The van der Waals surface area contributed by atoms with Crippen LogP contribution < -0.4 is 10.6 Å². The molecule has 0 atom stereocenters. The topological polar surface area (TPSA) is 70.1 Å². The number of para-hydroxylation sites is 2. The quantitative estimate of drug-likeness (QED) is 0.646. The fourth-order valence-corrected chi connectivity index (χ4v) is 2.57. The van der Waals surface area contributed by atoms with Crippen LogP contribution in [0.5, 0.6) is 0 Å². The molecule has 0 aliphatic rings. The highest BCUT2D eigenvalue weighted by molar-refractivity contribution is 5.66. The minimum Gasteiger partial charge on any atom is -0.390 e. The zero-order valence-corrected chi connectivity index (χ0v) is 14.7. The Labute approximate surface area is 147 Å². The van der Waals surface area contributed by atoms with E-state index in [9.17, 15) is 5.11 Å². The summed E-state index contributed by atoms with van der Waals surface area (Å²) in [5.41, 5.74) is 5.58. The Balaban J connectivity index is 1.98. The van der Waals surface area contributed by atoms with E-state index in [2.05, 4.69) is 20.6 Å². The summed E-state index contributed by atoms with van der Waals surface area (Å²) in [6, 6.07) is 16.0. The van der Waals surface area contributed by atoms with Crippen LogP contribution in [0.4, 0.5) is 23.1 Å². The fourth-order valence-electron chi connectivity index (χ4n) is 2.57. The van der Waals surface area contributed by atoms with Crippen molar-refractivity contribution in [2.45, 2.75) is 27.4 Å². The summed E-state index contributed by atoms with van der Waals surface area (Å²) < 4.78 is 0. The van der Waals surface area contributed by atoms with E-state index in [1.165, 1.54) is 0 Å². The van der Waals surface area contributed by atoms with Gasteiger partial charge in [0.2, 0.25) is 5.95 Å². The number of nitrogens with zero attached hydrogens (tertiary/aromatic N) is 2. The van der Waals surface area contributed by atoms with Crippen molar-refractivity contribution in [3.05, 3.63) is 70.9 Å². The van der Waals surface area contributed by atoms with Gasteiger partial charge in [-0.25, -0.2) is 4.98 Å². The zero-order valence-electron chi connectivity index (χ0n) is 14.7. The van der Waals surface area contributed by atoms with E-state index in [0.717, 1.165) is 28.1 Å². The molecule has 0 amide bonds.